The Morgan fingerprint density at radius 1 is 1.50 bits per heavy atom. The minimum Gasteiger partial charge on any atom is -0.469 e. The summed E-state index contributed by atoms with van der Waals surface area (Å²) in [5.41, 5.74) is 6.90. The Bertz CT molecular complexity index is 425. The topological polar surface area (TPSA) is 76.2 Å². The standard InChI is InChI=1S/C12H14N2O2/c1-16-11(15)8-4-6-9-5-2-3-7-10(9)12(13)14/h2-7H,8H2,1H3,(H3,13,14). The van der Waals surface area contributed by atoms with E-state index in [1.54, 1.807) is 18.2 Å². The quantitative estimate of drug-likeness (QED) is 0.457. The fraction of sp³-hybridized carbons (Fsp3) is 0.167. The predicted octanol–water partition coefficient (Wildman–Crippen LogP) is 1.55. The summed E-state index contributed by atoms with van der Waals surface area (Å²) in [6.07, 6.45) is 3.66. The van der Waals surface area contributed by atoms with E-state index in [2.05, 4.69) is 4.74 Å². The second kappa shape index (κ2) is 5.70. The second-order valence-corrected chi connectivity index (χ2v) is 3.18. The van der Waals surface area contributed by atoms with Crippen molar-refractivity contribution >= 4 is 17.9 Å². The van der Waals surface area contributed by atoms with Crippen LogP contribution in [0.1, 0.15) is 17.5 Å². The molecule has 0 aliphatic carbocycles. The molecule has 0 bridgehead atoms. The third-order valence-electron chi connectivity index (χ3n) is 2.06. The van der Waals surface area contributed by atoms with E-state index in [0.717, 1.165) is 5.56 Å². The van der Waals surface area contributed by atoms with Gasteiger partial charge in [0.25, 0.3) is 0 Å². The fourth-order valence-corrected chi connectivity index (χ4v) is 1.25. The molecule has 0 fully saturated rings. The van der Waals surface area contributed by atoms with Crippen LogP contribution in [0, 0.1) is 5.41 Å². The van der Waals surface area contributed by atoms with Crippen molar-refractivity contribution in [1.82, 2.24) is 0 Å². The predicted molar refractivity (Wildman–Crippen MR) is 63.1 cm³/mol. The number of nitrogens with two attached hydrogens (primary N) is 1. The molecule has 0 spiro atoms. The third kappa shape index (κ3) is 3.24. The maximum atomic E-state index is 10.9. The number of carbonyl (C=O) groups excluding carboxylic acids is 1. The molecule has 84 valence electrons. The highest BCUT2D eigenvalue weighted by molar-refractivity contribution is 5.98. The van der Waals surface area contributed by atoms with Gasteiger partial charge in [0.2, 0.25) is 0 Å². The van der Waals surface area contributed by atoms with Crippen molar-refractivity contribution in [1.29, 1.82) is 5.41 Å². The van der Waals surface area contributed by atoms with Gasteiger partial charge in [-0.1, -0.05) is 36.4 Å². The molecule has 0 saturated carbocycles. The van der Waals surface area contributed by atoms with E-state index in [9.17, 15) is 4.79 Å². The van der Waals surface area contributed by atoms with Crippen LogP contribution in [0.25, 0.3) is 6.08 Å². The van der Waals surface area contributed by atoms with Gasteiger partial charge in [-0.05, 0) is 5.56 Å². The number of esters is 1. The van der Waals surface area contributed by atoms with Gasteiger partial charge in [-0.2, -0.15) is 0 Å². The molecule has 1 aromatic carbocycles. The lowest BCUT2D eigenvalue weighted by Gasteiger charge is -2.02. The number of ether oxygens (including phenoxy) is 1. The van der Waals surface area contributed by atoms with Crippen LogP contribution in [0.15, 0.2) is 30.3 Å². The normalized spacial score (nSPS) is 10.3. The number of nitrogens with one attached hydrogen (secondary N) is 1. The molecule has 0 aliphatic heterocycles. The molecule has 0 unspecified atom stereocenters. The molecule has 0 amide bonds. The Labute approximate surface area is 94.2 Å². The number of amidine groups is 1. The van der Waals surface area contributed by atoms with Crippen LogP contribution in [-0.2, 0) is 9.53 Å². The van der Waals surface area contributed by atoms with Gasteiger partial charge in [0.05, 0.1) is 13.5 Å². The Morgan fingerprint density at radius 2 is 2.19 bits per heavy atom. The molecule has 1 aromatic rings. The first kappa shape index (κ1) is 12.0. The first-order valence-electron chi connectivity index (χ1n) is 4.82. The first-order chi connectivity index (χ1) is 7.65. The minimum atomic E-state index is -0.295. The van der Waals surface area contributed by atoms with Gasteiger partial charge in [0.1, 0.15) is 5.84 Å². The zero-order chi connectivity index (χ0) is 12.0. The van der Waals surface area contributed by atoms with E-state index in [4.69, 9.17) is 11.1 Å². The van der Waals surface area contributed by atoms with Crippen molar-refractivity contribution in [3.8, 4) is 0 Å². The van der Waals surface area contributed by atoms with Crippen LogP contribution in [0.2, 0.25) is 0 Å². The van der Waals surface area contributed by atoms with E-state index < -0.39 is 0 Å². The molecule has 1 rings (SSSR count). The lowest BCUT2D eigenvalue weighted by Crippen LogP contribution is -2.12. The molecule has 3 N–H and O–H groups in total. The van der Waals surface area contributed by atoms with Crippen molar-refractivity contribution in [3.63, 3.8) is 0 Å². The molecule has 0 atom stereocenters. The summed E-state index contributed by atoms with van der Waals surface area (Å²) in [6.45, 7) is 0. The zero-order valence-corrected chi connectivity index (χ0v) is 9.07. The Kier molecular flexibility index (Phi) is 4.27. The number of methoxy groups -OCH3 is 1. The van der Waals surface area contributed by atoms with Crippen LogP contribution in [0.4, 0.5) is 0 Å². The van der Waals surface area contributed by atoms with E-state index in [-0.39, 0.29) is 18.2 Å². The maximum Gasteiger partial charge on any atom is 0.309 e. The lowest BCUT2D eigenvalue weighted by atomic mass is 10.1. The average Bonchev–Trinajstić information content (AvgIpc) is 2.29. The van der Waals surface area contributed by atoms with E-state index in [1.165, 1.54) is 7.11 Å². The first-order valence-corrected chi connectivity index (χ1v) is 4.82. The fourth-order valence-electron chi connectivity index (χ4n) is 1.25. The van der Waals surface area contributed by atoms with Crippen molar-refractivity contribution in [2.75, 3.05) is 7.11 Å². The number of carbonyl (C=O) groups is 1. The molecular weight excluding hydrogens is 204 g/mol. The van der Waals surface area contributed by atoms with E-state index in [0.29, 0.717) is 5.56 Å². The largest absolute Gasteiger partial charge is 0.469 e. The maximum absolute atomic E-state index is 10.9. The zero-order valence-electron chi connectivity index (χ0n) is 9.07. The molecule has 0 heterocycles. The number of benzene rings is 1. The molecule has 0 aromatic heterocycles. The summed E-state index contributed by atoms with van der Waals surface area (Å²) >= 11 is 0. The summed E-state index contributed by atoms with van der Waals surface area (Å²) in [5, 5.41) is 7.38. The molecule has 0 radical (unpaired) electrons. The minimum absolute atomic E-state index is 0.0123. The van der Waals surface area contributed by atoms with Gasteiger partial charge in [-0.3, -0.25) is 10.2 Å². The number of hydrogen-bond acceptors (Lipinski definition) is 3. The van der Waals surface area contributed by atoms with Crippen LogP contribution in [-0.4, -0.2) is 18.9 Å². The summed E-state index contributed by atoms with van der Waals surface area (Å²) in [7, 11) is 1.35. The molecule has 0 saturated heterocycles. The van der Waals surface area contributed by atoms with Crippen LogP contribution >= 0.6 is 0 Å². The van der Waals surface area contributed by atoms with Crippen molar-refractivity contribution in [2.24, 2.45) is 5.73 Å². The van der Waals surface area contributed by atoms with Gasteiger partial charge in [0, 0.05) is 5.56 Å². The summed E-state index contributed by atoms with van der Waals surface area (Å²) in [6, 6.07) is 7.27. The molecule has 4 heteroatoms. The van der Waals surface area contributed by atoms with Gasteiger partial charge in [-0.15, -0.1) is 0 Å². The van der Waals surface area contributed by atoms with Gasteiger partial charge >= 0.3 is 5.97 Å². The number of nitrogen functional groups attached to an aromatic ring is 1. The van der Waals surface area contributed by atoms with Crippen LogP contribution in [0.3, 0.4) is 0 Å². The SMILES string of the molecule is COC(=O)CC=Cc1ccccc1C(=N)N. The Morgan fingerprint density at radius 3 is 2.81 bits per heavy atom. The molecule has 16 heavy (non-hydrogen) atoms. The third-order valence-corrected chi connectivity index (χ3v) is 2.06. The number of rotatable bonds is 4. The van der Waals surface area contributed by atoms with Crippen molar-refractivity contribution < 1.29 is 9.53 Å². The Hall–Kier alpha value is -2.10. The summed E-state index contributed by atoms with van der Waals surface area (Å²) in [4.78, 5) is 10.9. The second-order valence-electron chi connectivity index (χ2n) is 3.18. The van der Waals surface area contributed by atoms with Gasteiger partial charge < -0.3 is 10.5 Å². The van der Waals surface area contributed by atoms with Crippen molar-refractivity contribution in [2.45, 2.75) is 6.42 Å². The van der Waals surface area contributed by atoms with Crippen molar-refractivity contribution in [3.05, 3.63) is 41.5 Å². The summed E-state index contributed by atoms with van der Waals surface area (Å²) in [5.74, 6) is -0.283. The monoisotopic (exact) mass is 218 g/mol. The molecule has 0 aliphatic rings. The van der Waals surface area contributed by atoms with Gasteiger partial charge in [-0.25, -0.2) is 0 Å². The van der Waals surface area contributed by atoms with Crippen LogP contribution < -0.4 is 5.73 Å². The highest BCUT2D eigenvalue weighted by Crippen LogP contribution is 2.10. The van der Waals surface area contributed by atoms with E-state index >= 15 is 0 Å². The smallest absolute Gasteiger partial charge is 0.309 e. The summed E-state index contributed by atoms with van der Waals surface area (Å²) < 4.78 is 4.51. The van der Waals surface area contributed by atoms with Gasteiger partial charge in [0.15, 0.2) is 0 Å². The Balaban J connectivity index is 2.80. The highest BCUT2D eigenvalue weighted by Gasteiger charge is 2.01. The molecular formula is C12H14N2O2. The lowest BCUT2D eigenvalue weighted by molar-refractivity contribution is -0.139. The highest BCUT2D eigenvalue weighted by atomic mass is 16.5. The number of hydrogen-bond donors (Lipinski definition) is 2. The molecule has 4 nitrogen and oxygen atoms in total. The van der Waals surface area contributed by atoms with E-state index in [1.807, 2.05) is 18.2 Å². The average molecular weight is 218 g/mol. The van der Waals surface area contributed by atoms with Crippen LogP contribution in [0.5, 0.6) is 0 Å².